The van der Waals surface area contributed by atoms with Gasteiger partial charge in [0.05, 0.1) is 18.5 Å². The number of aromatic nitrogens is 2. The van der Waals surface area contributed by atoms with E-state index in [9.17, 15) is 9.59 Å². The highest BCUT2D eigenvalue weighted by molar-refractivity contribution is 5.87. The Bertz CT molecular complexity index is 663. The number of ether oxygens (including phenoxy) is 1. The van der Waals surface area contributed by atoms with Crippen LogP contribution in [0.5, 0.6) is 5.75 Å². The van der Waals surface area contributed by atoms with Crippen LogP contribution in [0.15, 0.2) is 23.0 Å². The Hall–Kier alpha value is -2.37. The van der Waals surface area contributed by atoms with Gasteiger partial charge in [-0.05, 0) is 19.1 Å². The molecule has 1 aromatic carbocycles. The average Bonchev–Trinajstić information content (AvgIpc) is 2.35. The molecular formula is C12H12N2O4. The van der Waals surface area contributed by atoms with Gasteiger partial charge in [0.1, 0.15) is 5.75 Å². The molecule has 0 spiro atoms. The van der Waals surface area contributed by atoms with Crippen LogP contribution in [-0.4, -0.2) is 28.2 Å². The Labute approximate surface area is 102 Å². The molecule has 0 saturated carbocycles. The number of rotatable bonds is 3. The number of hydrogen-bond acceptors (Lipinski definition) is 4. The van der Waals surface area contributed by atoms with Crippen LogP contribution in [0.4, 0.5) is 0 Å². The molecule has 0 radical (unpaired) electrons. The highest BCUT2D eigenvalue weighted by atomic mass is 16.5. The van der Waals surface area contributed by atoms with E-state index < -0.39 is 17.6 Å². The van der Waals surface area contributed by atoms with Gasteiger partial charge in [-0.2, -0.15) is 4.98 Å². The second-order valence-electron chi connectivity index (χ2n) is 3.90. The van der Waals surface area contributed by atoms with Gasteiger partial charge in [-0.25, -0.2) is 4.79 Å². The topological polar surface area (TPSA) is 92.3 Å². The van der Waals surface area contributed by atoms with Crippen molar-refractivity contribution < 1.29 is 14.6 Å². The molecular weight excluding hydrogens is 236 g/mol. The first-order chi connectivity index (χ1) is 8.52. The van der Waals surface area contributed by atoms with E-state index in [1.54, 1.807) is 18.2 Å². The molecule has 0 saturated heterocycles. The maximum atomic E-state index is 11.4. The first kappa shape index (κ1) is 12.1. The van der Waals surface area contributed by atoms with E-state index >= 15 is 0 Å². The maximum absolute atomic E-state index is 11.4. The van der Waals surface area contributed by atoms with Crippen molar-refractivity contribution in [2.24, 2.45) is 0 Å². The molecule has 1 atom stereocenters. The molecule has 0 amide bonds. The molecule has 2 rings (SSSR count). The molecule has 0 fully saturated rings. The normalized spacial score (nSPS) is 12.3. The van der Waals surface area contributed by atoms with Crippen molar-refractivity contribution in [3.8, 4) is 5.75 Å². The smallest absolute Gasteiger partial charge is 0.345 e. The molecule has 2 aromatic rings. The van der Waals surface area contributed by atoms with Crippen LogP contribution in [0.3, 0.4) is 0 Å². The molecule has 6 heteroatoms. The van der Waals surface area contributed by atoms with E-state index in [1.165, 1.54) is 14.0 Å². The Kier molecular flexibility index (Phi) is 3.01. The molecule has 0 aliphatic carbocycles. The van der Waals surface area contributed by atoms with Gasteiger partial charge in [0.2, 0.25) is 0 Å². The maximum Gasteiger partial charge on any atom is 0.345 e. The standard InChI is InChI=1S/C12H12N2O4/c1-6(11(15)16)10-8-4-3-7(18-2)5-9(8)13-12(17)14-10/h3-6H,1-2H3,(H,15,16)(H,13,14,17). The number of methoxy groups -OCH3 is 1. The fourth-order valence-corrected chi connectivity index (χ4v) is 1.74. The quantitative estimate of drug-likeness (QED) is 0.849. The zero-order chi connectivity index (χ0) is 13.3. The van der Waals surface area contributed by atoms with Crippen LogP contribution >= 0.6 is 0 Å². The number of carbonyl (C=O) groups is 1. The van der Waals surface area contributed by atoms with Crippen LogP contribution in [0.1, 0.15) is 18.5 Å². The molecule has 0 aliphatic rings. The van der Waals surface area contributed by atoms with Crippen molar-refractivity contribution in [1.29, 1.82) is 0 Å². The van der Waals surface area contributed by atoms with Gasteiger partial charge >= 0.3 is 11.7 Å². The van der Waals surface area contributed by atoms with Gasteiger partial charge in [0, 0.05) is 17.1 Å². The average molecular weight is 248 g/mol. The van der Waals surface area contributed by atoms with Crippen molar-refractivity contribution in [2.45, 2.75) is 12.8 Å². The summed E-state index contributed by atoms with van der Waals surface area (Å²) in [5.74, 6) is -1.25. The van der Waals surface area contributed by atoms with E-state index in [0.717, 1.165) is 0 Å². The van der Waals surface area contributed by atoms with Crippen molar-refractivity contribution in [3.63, 3.8) is 0 Å². The largest absolute Gasteiger partial charge is 0.497 e. The van der Waals surface area contributed by atoms with Gasteiger partial charge in [-0.1, -0.05) is 0 Å². The van der Waals surface area contributed by atoms with E-state index in [0.29, 0.717) is 22.3 Å². The number of nitrogens with zero attached hydrogens (tertiary/aromatic N) is 1. The SMILES string of the molecule is COc1ccc2c(C(C)C(=O)O)[nH]c(=O)nc2c1. The molecule has 0 bridgehead atoms. The van der Waals surface area contributed by atoms with E-state index in [2.05, 4.69) is 9.97 Å². The van der Waals surface area contributed by atoms with Gasteiger partial charge < -0.3 is 14.8 Å². The summed E-state index contributed by atoms with van der Waals surface area (Å²) in [5.41, 5.74) is 0.195. The number of fused-ring (bicyclic) bond motifs is 1. The predicted octanol–water partition coefficient (Wildman–Crippen LogP) is 1.12. The Morgan fingerprint density at radius 1 is 1.50 bits per heavy atom. The monoisotopic (exact) mass is 248 g/mol. The zero-order valence-electron chi connectivity index (χ0n) is 9.93. The minimum absolute atomic E-state index is 0.347. The van der Waals surface area contributed by atoms with E-state index in [-0.39, 0.29) is 0 Å². The highest BCUT2D eigenvalue weighted by Crippen LogP contribution is 2.24. The highest BCUT2D eigenvalue weighted by Gasteiger charge is 2.18. The summed E-state index contributed by atoms with van der Waals surface area (Å²) in [6, 6.07) is 4.98. The Morgan fingerprint density at radius 3 is 2.83 bits per heavy atom. The van der Waals surface area contributed by atoms with Crippen molar-refractivity contribution in [3.05, 3.63) is 34.4 Å². The number of aromatic amines is 1. The van der Waals surface area contributed by atoms with Gasteiger partial charge in [0.15, 0.2) is 0 Å². The summed E-state index contributed by atoms with van der Waals surface area (Å²) in [6.45, 7) is 1.51. The minimum atomic E-state index is -1.01. The van der Waals surface area contributed by atoms with Crippen LogP contribution in [-0.2, 0) is 4.79 Å². The first-order valence-electron chi connectivity index (χ1n) is 5.33. The second-order valence-corrected chi connectivity index (χ2v) is 3.90. The number of carboxylic acids is 1. The first-order valence-corrected chi connectivity index (χ1v) is 5.33. The predicted molar refractivity (Wildman–Crippen MR) is 65.0 cm³/mol. The molecule has 2 N–H and O–H groups in total. The van der Waals surface area contributed by atoms with Gasteiger partial charge in [0.25, 0.3) is 0 Å². The van der Waals surface area contributed by atoms with Gasteiger partial charge in [-0.15, -0.1) is 0 Å². The fraction of sp³-hybridized carbons (Fsp3) is 0.250. The second kappa shape index (κ2) is 4.48. The lowest BCUT2D eigenvalue weighted by molar-refractivity contribution is -0.138. The summed E-state index contributed by atoms with van der Waals surface area (Å²) >= 11 is 0. The lowest BCUT2D eigenvalue weighted by Crippen LogP contribution is -2.18. The number of nitrogens with one attached hydrogen (secondary N) is 1. The van der Waals surface area contributed by atoms with Crippen LogP contribution in [0.2, 0.25) is 0 Å². The number of hydrogen-bond donors (Lipinski definition) is 2. The molecule has 1 unspecified atom stereocenters. The Balaban J connectivity index is 2.74. The number of H-pyrrole nitrogens is 1. The number of benzene rings is 1. The minimum Gasteiger partial charge on any atom is -0.497 e. The summed E-state index contributed by atoms with van der Waals surface area (Å²) in [6.07, 6.45) is 0. The Morgan fingerprint density at radius 2 is 2.22 bits per heavy atom. The molecule has 18 heavy (non-hydrogen) atoms. The van der Waals surface area contributed by atoms with Crippen LogP contribution in [0, 0.1) is 0 Å². The molecule has 6 nitrogen and oxygen atoms in total. The fourth-order valence-electron chi connectivity index (χ4n) is 1.74. The van der Waals surface area contributed by atoms with Crippen molar-refractivity contribution >= 4 is 16.9 Å². The van der Waals surface area contributed by atoms with Crippen LogP contribution < -0.4 is 10.4 Å². The number of carboxylic acid groups (broad SMARTS) is 1. The third kappa shape index (κ3) is 2.04. The molecule has 94 valence electrons. The van der Waals surface area contributed by atoms with E-state index in [4.69, 9.17) is 9.84 Å². The number of aliphatic carboxylic acids is 1. The molecule has 1 aromatic heterocycles. The van der Waals surface area contributed by atoms with Crippen molar-refractivity contribution in [1.82, 2.24) is 9.97 Å². The zero-order valence-corrected chi connectivity index (χ0v) is 9.93. The molecule has 0 aliphatic heterocycles. The summed E-state index contributed by atoms with van der Waals surface area (Å²) < 4.78 is 5.04. The lowest BCUT2D eigenvalue weighted by atomic mass is 10.0. The van der Waals surface area contributed by atoms with Gasteiger partial charge in [-0.3, -0.25) is 4.79 Å². The third-order valence-electron chi connectivity index (χ3n) is 2.76. The summed E-state index contributed by atoms with van der Waals surface area (Å²) in [7, 11) is 1.51. The van der Waals surface area contributed by atoms with E-state index in [1.807, 2.05) is 0 Å². The van der Waals surface area contributed by atoms with Crippen molar-refractivity contribution in [2.75, 3.05) is 7.11 Å². The lowest BCUT2D eigenvalue weighted by Gasteiger charge is -2.10. The molecule has 1 heterocycles. The summed E-state index contributed by atoms with van der Waals surface area (Å²) in [4.78, 5) is 28.7. The van der Waals surface area contributed by atoms with Crippen LogP contribution in [0.25, 0.3) is 10.9 Å². The summed E-state index contributed by atoms with van der Waals surface area (Å²) in [5, 5.41) is 9.62. The third-order valence-corrected chi connectivity index (χ3v) is 2.76.